The monoisotopic (exact) mass is 478 g/mol. The molecule has 9 heteroatoms. The fraction of sp³-hybridized carbons (Fsp3) is 0.545. The van der Waals surface area contributed by atoms with Crippen LogP contribution in [0.5, 0.6) is 0 Å². The number of ether oxygens (including phenoxy) is 2. The van der Waals surface area contributed by atoms with Gasteiger partial charge in [-0.25, -0.2) is 9.59 Å². The number of rotatable bonds is 13. The predicted octanol–water partition coefficient (Wildman–Crippen LogP) is 3.74. The first kappa shape index (κ1) is 26.6. The molecule has 8 nitrogen and oxygen atoms in total. The number of esters is 2. The van der Waals surface area contributed by atoms with Crippen molar-refractivity contribution in [2.24, 2.45) is 0 Å². The van der Waals surface area contributed by atoms with Gasteiger partial charge in [0.05, 0.1) is 0 Å². The summed E-state index contributed by atoms with van der Waals surface area (Å²) >= 11 is 0. The molecule has 0 spiro atoms. The smallest absolute Gasteiger partial charge is 0.504 e. The van der Waals surface area contributed by atoms with Gasteiger partial charge in [0.15, 0.2) is 11.5 Å². The van der Waals surface area contributed by atoms with Crippen LogP contribution in [0.2, 0.25) is 0 Å². The van der Waals surface area contributed by atoms with Gasteiger partial charge in [0, 0.05) is 24.5 Å². The predicted molar refractivity (Wildman–Crippen MR) is 112 cm³/mol. The summed E-state index contributed by atoms with van der Waals surface area (Å²) in [7, 11) is 0. The normalized spacial score (nSPS) is 18.5. The van der Waals surface area contributed by atoms with Gasteiger partial charge in [-0.2, -0.15) is 0 Å². The standard InChI is InChI=1S/C22H32N2O6.Ni/c1-3-5-7-9-15(19-17(25)13-29-21(19)27)23-11-12-24-16(10-8-6-4-2)20-18(26)14-30-22(20)28;/h13-14,23-26H,3-12H2,1-2H3;/q;+2/b19-15+,20-16+;. The summed E-state index contributed by atoms with van der Waals surface area (Å²) in [4.78, 5) is 23.9. The van der Waals surface area contributed by atoms with E-state index in [4.69, 9.17) is 9.47 Å². The SMILES string of the molecule is CCCCC/C(NCCN/C(CCCCC)=C1/C(=O)OC=C1O)=C1\C(=O)OC=C1O.[Ni+2]. The summed E-state index contributed by atoms with van der Waals surface area (Å²) in [5, 5.41) is 26.4. The summed E-state index contributed by atoms with van der Waals surface area (Å²) in [5.41, 5.74) is 1.63. The first-order valence-electron chi connectivity index (χ1n) is 10.6. The Morgan fingerprint density at radius 2 is 1.16 bits per heavy atom. The number of aliphatic hydroxyl groups is 2. The van der Waals surface area contributed by atoms with Gasteiger partial charge in [-0.3, -0.25) is 0 Å². The van der Waals surface area contributed by atoms with Crippen molar-refractivity contribution < 1.29 is 45.8 Å². The number of aliphatic hydroxyl groups excluding tert-OH is 2. The molecule has 2 aliphatic rings. The zero-order chi connectivity index (χ0) is 21.9. The molecule has 2 rings (SSSR count). The number of allylic oxidation sites excluding steroid dienone is 2. The van der Waals surface area contributed by atoms with Gasteiger partial charge < -0.3 is 30.3 Å². The van der Waals surface area contributed by atoms with Crippen LogP contribution < -0.4 is 10.6 Å². The largest absolute Gasteiger partial charge is 2.00 e. The van der Waals surface area contributed by atoms with E-state index in [1.807, 2.05) is 0 Å². The van der Waals surface area contributed by atoms with Gasteiger partial charge in [-0.1, -0.05) is 39.5 Å². The average Bonchev–Trinajstić information content (AvgIpc) is 3.23. The van der Waals surface area contributed by atoms with Crippen LogP contribution in [0.4, 0.5) is 0 Å². The molecule has 0 saturated carbocycles. The Labute approximate surface area is 193 Å². The Kier molecular flexibility index (Phi) is 11.9. The van der Waals surface area contributed by atoms with E-state index in [1.165, 1.54) is 0 Å². The van der Waals surface area contributed by atoms with Gasteiger partial charge in [-0.15, -0.1) is 0 Å². The Bertz CT molecular complexity index is 706. The zero-order valence-corrected chi connectivity index (χ0v) is 19.1. The first-order chi connectivity index (χ1) is 14.5. The van der Waals surface area contributed by atoms with E-state index in [1.54, 1.807) is 0 Å². The summed E-state index contributed by atoms with van der Waals surface area (Å²) in [6.45, 7) is 5.10. The maximum Gasteiger partial charge on any atom is 2.00 e. The minimum atomic E-state index is -0.564. The van der Waals surface area contributed by atoms with Crippen molar-refractivity contribution in [2.45, 2.75) is 65.2 Å². The molecular formula is C22H32N2NiO6+2. The van der Waals surface area contributed by atoms with Crippen molar-refractivity contribution in [3.8, 4) is 0 Å². The fourth-order valence-electron chi connectivity index (χ4n) is 3.35. The molecule has 0 saturated heterocycles. The Hall–Kier alpha value is -2.41. The minimum Gasteiger partial charge on any atom is -0.504 e. The first-order valence-corrected chi connectivity index (χ1v) is 10.6. The van der Waals surface area contributed by atoms with E-state index >= 15 is 0 Å². The Balaban J connectivity index is 0.00000480. The third-order valence-electron chi connectivity index (χ3n) is 4.94. The van der Waals surface area contributed by atoms with E-state index in [0.29, 0.717) is 37.3 Å². The third-order valence-corrected chi connectivity index (χ3v) is 4.94. The summed E-state index contributed by atoms with van der Waals surface area (Å²) in [5.74, 6) is -1.47. The number of carbonyl (C=O) groups is 2. The molecule has 2 aliphatic heterocycles. The van der Waals surface area contributed by atoms with Gasteiger partial charge >= 0.3 is 28.4 Å². The summed E-state index contributed by atoms with van der Waals surface area (Å²) < 4.78 is 9.60. The third kappa shape index (κ3) is 7.65. The van der Waals surface area contributed by atoms with Gasteiger partial charge in [-0.05, 0) is 25.7 Å². The molecule has 31 heavy (non-hydrogen) atoms. The van der Waals surface area contributed by atoms with Crippen molar-refractivity contribution in [3.05, 3.63) is 46.6 Å². The molecular weight excluding hydrogens is 447 g/mol. The summed E-state index contributed by atoms with van der Waals surface area (Å²) in [6.07, 6.45) is 9.21. The van der Waals surface area contributed by atoms with Crippen molar-refractivity contribution in [2.75, 3.05) is 13.1 Å². The second-order valence-corrected chi connectivity index (χ2v) is 7.29. The van der Waals surface area contributed by atoms with Crippen LogP contribution in [0.25, 0.3) is 0 Å². The van der Waals surface area contributed by atoms with Crippen LogP contribution in [-0.4, -0.2) is 35.2 Å². The number of hydrogen-bond acceptors (Lipinski definition) is 8. The van der Waals surface area contributed by atoms with E-state index in [0.717, 1.165) is 51.0 Å². The molecule has 0 fully saturated rings. The van der Waals surface area contributed by atoms with Crippen LogP contribution >= 0.6 is 0 Å². The molecule has 0 aromatic carbocycles. The quantitative estimate of drug-likeness (QED) is 0.137. The number of hydrogen-bond donors (Lipinski definition) is 4. The number of unbranched alkanes of at least 4 members (excludes halogenated alkanes) is 4. The van der Waals surface area contributed by atoms with Crippen LogP contribution in [-0.2, 0) is 35.6 Å². The molecule has 2 heterocycles. The topological polar surface area (TPSA) is 117 Å². The van der Waals surface area contributed by atoms with Crippen LogP contribution in [0.15, 0.2) is 46.6 Å². The summed E-state index contributed by atoms with van der Waals surface area (Å²) in [6, 6.07) is 0. The van der Waals surface area contributed by atoms with Crippen LogP contribution in [0.1, 0.15) is 65.2 Å². The minimum absolute atomic E-state index is 0. The van der Waals surface area contributed by atoms with Crippen molar-refractivity contribution in [3.63, 3.8) is 0 Å². The number of carbonyl (C=O) groups excluding carboxylic acids is 2. The second kappa shape index (κ2) is 13.8. The van der Waals surface area contributed by atoms with Gasteiger partial charge in [0.2, 0.25) is 0 Å². The molecule has 0 aromatic heterocycles. The molecule has 0 amide bonds. The van der Waals surface area contributed by atoms with Crippen molar-refractivity contribution >= 4 is 11.9 Å². The number of nitrogens with one attached hydrogen (secondary N) is 2. The van der Waals surface area contributed by atoms with E-state index in [9.17, 15) is 19.8 Å². The maximum atomic E-state index is 12.0. The Morgan fingerprint density at radius 1 is 0.774 bits per heavy atom. The molecule has 4 N–H and O–H groups in total. The molecule has 0 aliphatic carbocycles. The second-order valence-electron chi connectivity index (χ2n) is 7.29. The molecule has 174 valence electrons. The molecule has 0 atom stereocenters. The van der Waals surface area contributed by atoms with Crippen LogP contribution in [0, 0.1) is 0 Å². The van der Waals surface area contributed by atoms with Crippen molar-refractivity contribution in [1.29, 1.82) is 0 Å². The Morgan fingerprint density at radius 3 is 1.45 bits per heavy atom. The van der Waals surface area contributed by atoms with Gasteiger partial charge in [0.1, 0.15) is 23.7 Å². The van der Waals surface area contributed by atoms with Gasteiger partial charge in [0.25, 0.3) is 0 Å². The van der Waals surface area contributed by atoms with E-state index in [-0.39, 0.29) is 39.2 Å². The maximum absolute atomic E-state index is 12.0. The zero-order valence-electron chi connectivity index (χ0n) is 18.1. The molecule has 0 aromatic rings. The molecule has 0 unspecified atom stereocenters. The molecule has 0 radical (unpaired) electrons. The molecule has 0 bridgehead atoms. The fourth-order valence-corrected chi connectivity index (χ4v) is 3.35. The van der Waals surface area contributed by atoms with E-state index in [2.05, 4.69) is 24.5 Å². The van der Waals surface area contributed by atoms with Crippen molar-refractivity contribution in [1.82, 2.24) is 10.6 Å². The van der Waals surface area contributed by atoms with E-state index < -0.39 is 11.9 Å². The van der Waals surface area contributed by atoms with Crippen LogP contribution in [0.3, 0.4) is 0 Å². The number of cyclic esters (lactones) is 2. The average molecular weight is 479 g/mol.